The Morgan fingerprint density at radius 1 is 0.864 bits per heavy atom. The van der Waals surface area contributed by atoms with Crippen LogP contribution in [0.5, 0.6) is 0 Å². The Hall–Kier alpha value is -0.0400. The summed E-state index contributed by atoms with van der Waals surface area (Å²) >= 11 is 0. The lowest BCUT2D eigenvalue weighted by Gasteiger charge is -2.61. The Kier molecular flexibility index (Phi) is 3.68. The van der Waals surface area contributed by atoms with Gasteiger partial charge in [0.05, 0.1) is 6.10 Å². The summed E-state index contributed by atoms with van der Waals surface area (Å²) in [5.41, 5.74) is 1.21. The number of aliphatic hydroxyl groups is 1. The van der Waals surface area contributed by atoms with Crippen molar-refractivity contribution in [2.75, 3.05) is 0 Å². The lowest BCUT2D eigenvalue weighted by atomic mass is 9.44. The summed E-state index contributed by atoms with van der Waals surface area (Å²) in [7, 11) is 0. The van der Waals surface area contributed by atoms with Crippen LogP contribution in [0.3, 0.4) is 0 Å². The van der Waals surface area contributed by atoms with Crippen LogP contribution in [0.2, 0.25) is 0 Å². The van der Waals surface area contributed by atoms with Gasteiger partial charge in [-0.05, 0) is 98.2 Å². The van der Waals surface area contributed by atoms with Crippen molar-refractivity contribution in [1.29, 1.82) is 0 Å². The quantitative estimate of drug-likeness (QED) is 0.686. The predicted molar refractivity (Wildman–Crippen MR) is 91.5 cm³/mol. The van der Waals surface area contributed by atoms with E-state index in [-0.39, 0.29) is 6.10 Å². The Morgan fingerprint density at radius 2 is 1.59 bits per heavy atom. The van der Waals surface area contributed by atoms with Gasteiger partial charge in [0.2, 0.25) is 0 Å². The lowest BCUT2D eigenvalue weighted by Crippen LogP contribution is -2.53. The molecule has 0 bridgehead atoms. The van der Waals surface area contributed by atoms with Gasteiger partial charge in [0, 0.05) is 0 Å². The molecule has 4 fully saturated rings. The molecule has 0 spiro atoms. The molecule has 0 heterocycles. The van der Waals surface area contributed by atoms with E-state index in [1.54, 1.807) is 0 Å². The highest BCUT2D eigenvalue weighted by atomic mass is 16.3. The van der Waals surface area contributed by atoms with Crippen LogP contribution in [0.1, 0.15) is 85.0 Å². The van der Waals surface area contributed by atoms with E-state index in [4.69, 9.17) is 0 Å². The third-order valence-electron chi connectivity index (χ3n) is 9.33. The normalized spacial score (nSPS) is 57.8. The zero-order chi connectivity index (χ0) is 15.5. The van der Waals surface area contributed by atoms with Crippen molar-refractivity contribution in [3.8, 4) is 0 Å². The van der Waals surface area contributed by atoms with E-state index in [0.29, 0.717) is 10.8 Å². The van der Waals surface area contributed by atoms with E-state index in [2.05, 4.69) is 20.8 Å². The molecular weight excluding hydrogens is 268 g/mol. The number of hydrogen-bond donors (Lipinski definition) is 1. The molecule has 0 amide bonds. The minimum Gasteiger partial charge on any atom is -0.393 e. The molecule has 0 aliphatic heterocycles. The third kappa shape index (κ3) is 2.00. The summed E-state index contributed by atoms with van der Waals surface area (Å²) in [4.78, 5) is 0. The molecule has 0 radical (unpaired) electrons. The second kappa shape index (κ2) is 5.23. The molecule has 0 unspecified atom stereocenters. The van der Waals surface area contributed by atoms with Gasteiger partial charge in [0.15, 0.2) is 0 Å². The molecule has 4 aliphatic rings. The molecule has 1 N–H and O–H groups in total. The van der Waals surface area contributed by atoms with Gasteiger partial charge in [0.1, 0.15) is 0 Å². The Morgan fingerprint density at radius 3 is 2.36 bits per heavy atom. The molecule has 0 aromatic heterocycles. The second-order valence-corrected chi connectivity index (χ2v) is 9.81. The smallest absolute Gasteiger partial charge is 0.0543 e. The fraction of sp³-hybridized carbons (Fsp3) is 1.00. The van der Waals surface area contributed by atoms with Gasteiger partial charge >= 0.3 is 0 Å². The van der Waals surface area contributed by atoms with Crippen LogP contribution in [-0.2, 0) is 0 Å². The van der Waals surface area contributed by atoms with Crippen LogP contribution in [0, 0.1) is 40.4 Å². The maximum Gasteiger partial charge on any atom is 0.0543 e. The average Bonchev–Trinajstić information content (AvgIpc) is 2.84. The van der Waals surface area contributed by atoms with Crippen LogP contribution in [-0.4, -0.2) is 11.2 Å². The predicted octanol–water partition coefficient (Wildman–Crippen LogP) is 5.42. The van der Waals surface area contributed by atoms with Crippen molar-refractivity contribution in [3.63, 3.8) is 0 Å². The van der Waals surface area contributed by atoms with Crippen molar-refractivity contribution in [1.82, 2.24) is 0 Å². The topological polar surface area (TPSA) is 20.2 Å². The monoisotopic (exact) mass is 304 g/mol. The highest BCUT2D eigenvalue weighted by Gasteiger charge is 2.59. The largest absolute Gasteiger partial charge is 0.393 e. The van der Waals surface area contributed by atoms with E-state index < -0.39 is 0 Å². The van der Waals surface area contributed by atoms with E-state index in [1.807, 2.05) is 0 Å². The second-order valence-electron chi connectivity index (χ2n) is 9.81. The number of aliphatic hydroxyl groups excluding tert-OH is 1. The summed E-state index contributed by atoms with van der Waals surface area (Å²) < 4.78 is 0. The summed E-state index contributed by atoms with van der Waals surface area (Å²) in [5.74, 6) is 4.79. The number of hydrogen-bond acceptors (Lipinski definition) is 1. The molecule has 1 heteroatoms. The first-order valence-electron chi connectivity index (χ1n) is 10.2. The van der Waals surface area contributed by atoms with Crippen LogP contribution >= 0.6 is 0 Å². The van der Waals surface area contributed by atoms with Crippen LogP contribution in [0.4, 0.5) is 0 Å². The van der Waals surface area contributed by atoms with Gasteiger partial charge < -0.3 is 5.11 Å². The summed E-state index contributed by atoms with van der Waals surface area (Å²) in [5, 5.41) is 10.1. The molecule has 22 heavy (non-hydrogen) atoms. The molecule has 4 aliphatic carbocycles. The van der Waals surface area contributed by atoms with Gasteiger partial charge in [-0.3, -0.25) is 0 Å². The Labute approximate surface area is 137 Å². The van der Waals surface area contributed by atoms with Crippen molar-refractivity contribution in [2.45, 2.75) is 91.1 Å². The number of rotatable bonds is 1. The van der Waals surface area contributed by atoms with Crippen molar-refractivity contribution < 1.29 is 5.11 Å². The van der Waals surface area contributed by atoms with Gasteiger partial charge in [-0.25, -0.2) is 0 Å². The van der Waals surface area contributed by atoms with Gasteiger partial charge in [-0.2, -0.15) is 0 Å². The highest BCUT2D eigenvalue weighted by molar-refractivity contribution is 5.08. The van der Waals surface area contributed by atoms with Gasteiger partial charge in [-0.1, -0.05) is 27.2 Å². The van der Waals surface area contributed by atoms with E-state index >= 15 is 0 Å². The van der Waals surface area contributed by atoms with E-state index in [0.717, 1.165) is 42.4 Å². The van der Waals surface area contributed by atoms with Crippen molar-refractivity contribution in [3.05, 3.63) is 0 Å². The first-order valence-corrected chi connectivity index (χ1v) is 10.2. The van der Waals surface area contributed by atoms with Crippen LogP contribution < -0.4 is 0 Å². The molecule has 1 nitrogen and oxygen atoms in total. The zero-order valence-electron chi connectivity index (χ0n) is 15.0. The number of fused-ring (bicyclic) bond motifs is 5. The summed E-state index contributed by atoms with van der Waals surface area (Å²) in [6.45, 7) is 7.68. The van der Waals surface area contributed by atoms with Crippen LogP contribution in [0.25, 0.3) is 0 Å². The maximum absolute atomic E-state index is 10.1. The molecule has 0 aromatic rings. The minimum absolute atomic E-state index is 0.000524. The molecule has 0 aromatic carbocycles. The minimum atomic E-state index is -0.000524. The third-order valence-corrected chi connectivity index (χ3v) is 9.33. The molecule has 0 saturated heterocycles. The fourth-order valence-electron chi connectivity index (χ4n) is 8.01. The molecule has 4 rings (SSSR count). The van der Waals surface area contributed by atoms with E-state index in [1.165, 1.54) is 51.4 Å². The first kappa shape index (κ1) is 15.5. The van der Waals surface area contributed by atoms with Gasteiger partial charge in [0.25, 0.3) is 0 Å². The van der Waals surface area contributed by atoms with Crippen molar-refractivity contribution >= 4 is 0 Å². The zero-order valence-corrected chi connectivity index (χ0v) is 15.0. The molecule has 126 valence electrons. The average molecular weight is 305 g/mol. The maximum atomic E-state index is 10.1. The Bertz CT molecular complexity index is 432. The standard InChI is InChI=1S/C21H36O/c1-4-14-6-8-18-17-7-5-15-13-16(22)9-11-21(15,3)19(17)10-12-20(14,18)2/h14-19,22H,4-13H2,1-3H3/t14-,15+,16+,17-,18+,19-,20+,21-/m0/s1. The van der Waals surface area contributed by atoms with Crippen molar-refractivity contribution in [2.24, 2.45) is 40.4 Å². The fourth-order valence-corrected chi connectivity index (χ4v) is 8.01. The SMILES string of the molecule is CC[C@H]1CC[C@@H]2[C@@H]3CC[C@@H]4C[C@H](O)CC[C@]4(C)[C@H]3CC[C@]12C. The van der Waals surface area contributed by atoms with E-state index in [9.17, 15) is 5.11 Å². The molecule has 4 saturated carbocycles. The lowest BCUT2D eigenvalue weighted by molar-refractivity contribution is -0.126. The molecule has 8 atom stereocenters. The van der Waals surface area contributed by atoms with Crippen LogP contribution in [0.15, 0.2) is 0 Å². The molecular formula is C21H36O. The Balaban J connectivity index is 1.61. The first-order chi connectivity index (χ1) is 10.5. The highest BCUT2D eigenvalue weighted by Crippen LogP contribution is 2.67. The van der Waals surface area contributed by atoms with Gasteiger partial charge in [-0.15, -0.1) is 0 Å². The summed E-state index contributed by atoms with van der Waals surface area (Å²) in [6.07, 6.45) is 13.7. The summed E-state index contributed by atoms with van der Waals surface area (Å²) in [6, 6.07) is 0.